The van der Waals surface area contributed by atoms with Gasteiger partial charge in [-0.15, -0.1) is 16.4 Å². The van der Waals surface area contributed by atoms with E-state index in [0.29, 0.717) is 28.0 Å². The number of amides is 1. The minimum Gasteiger partial charge on any atom is -0.486 e. The molecule has 0 saturated carbocycles. The summed E-state index contributed by atoms with van der Waals surface area (Å²) in [5, 5.41) is 16.6. The van der Waals surface area contributed by atoms with Gasteiger partial charge in [0.1, 0.15) is 18.2 Å². The van der Waals surface area contributed by atoms with Gasteiger partial charge in [0.05, 0.1) is 11.7 Å². The highest BCUT2D eigenvalue weighted by atomic mass is 32.1. The number of halogens is 1. The zero-order valence-corrected chi connectivity index (χ0v) is 17.6. The van der Waals surface area contributed by atoms with Crippen LogP contribution in [-0.4, -0.2) is 31.1 Å². The quantitative estimate of drug-likeness (QED) is 0.461. The van der Waals surface area contributed by atoms with Crippen molar-refractivity contribution in [2.24, 2.45) is 0 Å². The van der Waals surface area contributed by atoms with Crippen LogP contribution in [0.4, 0.5) is 9.52 Å². The molecule has 0 atom stereocenters. The second-order valence-electron chi connectivity index (χ2n) is 6.95. The Balaban J connectivity index is 1.41. The van der Waals surface area contributed by atoms with Crippen LogP contribution in [0.1, 0.15) is 36.1 Å². The predicted molar refractivity (Wildman–Crippen MR) is 114 cm³/mol. The van der Waals surface area contributed by atoms with E-state index in [1.54, 1.807) is 46.5 Å². The van der Waals surface area contributed by atoms with Gasteiger partial charge in [-0.3, -0.25) is 10.1 Å². The molecule has 0 aliphatic carbocycles. The molecule has 2 aromatic carbocycles. The molecular weight excluding hydrogens is 419 g/mol. The Morgan fingerprint density at radius 3 is 2.81 bits per heavy atom. The van der Waals surface area contributed by atoms with Crippen molar-refractivity contribution in [3.63, 3.8) is 0 Å². The van der Waals surface area contributed by atoms with Gasteiger partial charge in [0, 0.05) is 16.5 Å². The number of rotatable bonds is 7. The molecule has 0 radical (unpaired) electrons. The number of nitrogens with one attached hydrogen (secondary N) is 1. The molecule has 0 fully saturated rings. The Labute approximate surface area is 181 Å². The maximum Gasteiger partial charge on any atom is 0.257 e. The molecule has 8 nitrogen and oxygen atoms in total. The standard InChI is InChI=1S/C21H19FN6O2S/c1-13(2)28-19(25-26-27-28)11-30-17-5-3-4-15(10-17)20(29)24-21-23-18(12-31-21)14-6-8-16(22)9-7-14/h3-10,12-13H,11H2,1-2H3,(H,23,24,29). The largest absolute Gasteiger partial charge is 0.486 e. The van der Waals surface area contributed by atoms with E-state index in [-0.39, 0.29) is 24.4 Å². The van der Waals surface area contributed by atoms with Crippen LogP contribution >= 0.6 is 11.3 Å². The number of carbonyl (C=O) groups is 1. The number of carbonyl (C=O) groups excluding carboxylic acids is 1. The maximum atomic E-state index is 13.1. The summed E-state index contributed by atoms with van der Waals surface area (Å²) in [6.45, 7) is 4.14. The average molecular weight is 438 g/mol. The lowest BCUT2D eigenvalue weighted by atomic mass is 10.2. The first-order valence-corrected chi connectivity index (χ1v) is 10.4. The minimum atomic E-state index is -0.310. The van der Waals surface area contributed by atoms with Crippen molar-refractivity contribution < 1.29 is 13.9 Å². The Morgan fingerprint density at radius 1 is 1.23 bits per heavy atom. The second-order valence-corrected chi connectivity index (χ2v) is 7.81. The Kier molecular flexibility index (Phi) is 5.99. The number of tetrazole rings is 1. The van der Waals surface area contributed by atoms with Gasteiger partial charge in [-0.1, -0.05) is 6.07 Å². The molecule has 2 aromatic heterocycles. The van der Waals surface area contributed by atoms with Crippen LogP contribution in [0.2, 0.25) is 0 Å². The lowest BCUT2D eigenvalue weighted by Gasteiger charge is -2.10. The van der Waals surface area contributed by atoms with E-state index < -0.39 is 0 Å². The number of ether oxygens (including phenoxy) is 1. The van der Waals surface area contributed by atoms with E-state index in [2.05, 4.69) is 25.8 Å². The minimum absolute atomic E-state index is 0.115. The monoisotopic (exact) mass is 438 g/mol. The van der Waals surface area contributed by atoms with Crippen molar-refractivity contribution in [1.82, 2.24) is 25.2 Å². The van der Waals surface area contributed by atoms with Crippen molar-refractivity contribution in [3.05, 3.63) is 71.1 Å². The highest BCUT2D eigenvalue weighted by molar-refractivity contribution is 7.14. The molecule has 2 heterocycles. The van der Waals surface area contributed by atoms with Gasteiger partial charge in [0.2, 0.25) is 0 Å². The summed E-state index contributed by atoms with van der Waals surface area (Å²) >= 11 is 1.30. The van der Waals surface area contributed by atoms with Crippen LogP contribution in [0, 0.1) is 5.82 Å². The fourth-order valence-electron chi connectivity index (χ4n) is 2.84. The zero-order valence-electron chi connectivity index (χ0n) is 16.8. The van der Waals surface area contributed by atoms with Crippen LogP contribution in [0.3, 0.4) is 0 Å². The van der Waals surface area contributed by atoms with Gasteiger partial charge in [0.15, 0.2) is 11.0 Å². The highest BCUT2D eigenvalue weighted by Gasteiger charge is 2.13. The summed E-state index contributed by atoms with van der Waals surface area (Å²) < 4.78 is 20.5. The molecule has 0 unspecified atom stereocenters. The molecular formula is C21H19FN6O2S. The Morgan fingerprint density at radius 2 is 2.03 bits per heavy atom. The number of anilines is 1. The van der Waals surface area contributed by atoms with Crippen LogP contribution in [0.25, 0.3) is 11.3 Å². The Bertz CT molecular complexity index is 1190. The van der Waals surface area contributed by atoms with Crippen molar-refractivity contribution in [2.75, 3.05) is 5.32 Å². The SMILES string of the molecule is CC(C)n1nnnc1COc1cccc(C(=O)Nc2nc(-c3ccc(F)cc3)cs2)c1. The van der Waals surface area contributed by atoms with Crippen molar-refractivity contribution >= 4 is 22.4 Å². The van der Waals surface area contributed by atoms with Gasteiger partial charge in [-0.25, -0.2) is 14.1 Å². The smallest absolute Gasteiger partial charge is 0.257 e. The number of aromatic nitrogens is 5. The summed E-state index contributed by atoms with van der Waals surface area (Å²) in [7, 11) is 0. The number of hydrogen-bond donors (Lipinski definition) is 1. The number of hydrogen-bond acceptors (Lipinski definition) is 7. The van der Waals surface area contributed by atoms with Gasteiger partial charge < -0.3 is 4.74 Å². The van der Waals surface area contributed by atoms with Crippen LogP contribution in [0.5, 0.6) is 5.75 Å². The number of nitrogens with zero attached hydrogens (tertiary/aromatic N) is 5. The molecule has 0 aliphatic heterocycles. The van der Waals surface area contributed by atoms with E-state index in [9.17, 15) is 9.18 Å². The lowest BCUT2D eigenvalue weighted by Crippen LogP contribution is -2.12. The van der Waals surface area contributed by atoms with Crippen LogP contribution in [-0.2, 0) is 6.61 Å². The molecule has 0 aliphatic rings. The first-order chi connectivity index (χ1) is 15.0. The molecule has 158 valence electrons. The molecule has 0 spiro atoms. The number of thiazole rings is 1. The molecule has 4 aromatic rings. The summed E-state index contributed by atoms with van der Waals surface area (Å²) in [4.78, 5) is 17.0. The van der Waals surface area contributed by atoms with Crippen molar-refractivity contribution in [2.45, 2.75) is 26.5 Å². The molecule has 0 saturated heterocycles. The van der Waals surface area contributed by atoms with Crippen LogP contribution in [0.15, 0.2) is 53.9 Å². The summed E-state index contributed by atoms with van der Waals surface area (Å²) in [6, 6.07) is 13.0. The first kappa shape index (κ1) is 20.6. The van der Waals surface area contributed by atoms with Gasteiger partial charge >= 0.3 is 0 Å². The molecule has 31 heavy (non-hydrogen) atoms. The summed E-state index contributed by atoms with van der Waals surface area (Å²) in [6.07, 6.45) is 0. The zero-order chi connectivity index (χ0) is 21.8. The summed E-state index contributed by atoms with van der Waals surface area (Å²) in [5.41, 5.74) is 1.87. The van der Waals surface area contributed by atoms with E-state index in [4.69, 9.17) is 4.74 Å². The second kappa shape index (κ2) is 9.00. The van der Waals surface area contributed by atoms with Gasteiger partial charge in [-0.05, 0) is 66.7 Å². The fraction of sp³-hybridized carbons (Fsp3) is 0.190. The average Bonchev–Trinajstić information content (AvgIpc) is 3.43. The molecule has 1 N–H and O–H groups in total. The van der Waals surface area contributed by atoms with Crippen molar-refractivity contribution in [1.29, 1.82) is 0 Å². The molecule has 1 amide bonds. The van der Waals surface area contributed by atoms with E-state index in [1.807, 2.05) is 13.8 Å². The third-order valence-electron chi connectivity index (χ3n) is 4.38. The fourth-order valence-corrected chi connectivity index (χ4v) is 3.55. The third kappa shape index (κ3) is 4.92. The maximum absolute atomic E-state index is 13.1. The number of benzene rings is 2. The van der Waals surface area contributed by atoms with E-state index in [1.165, 1.54) is 23.5 Å². The van der Waals surface area contributed by atoms with Gasteiger partial charge in [0.25, 0.3) is 5.91 Å². The van der Waals surface area contributed by atoms with Crippen LogP contribution < -0.4 is 10.1 Å². The Hall–Kier alpha value is -3.66. The van der Waals surface area contributed by atoms with Gasteiger partial charge in [-0.2, -0.15) is 0 Å². The van der Waals surface area contributed by atoms with Crippen molar-refractivity contribution in [3.8, 4) is 17.0 Å². The van der Waals surface area contributed by atoms with E-state index >= 15 is 0 Å². The first-order valence-electron chi connectivity index (χ1n) is 9.52. The predicted octanol–water partition coefficient (Wildman–Crippen LogP) is 4.35. The topological polar surface area (TPSA) is 94.8 Å². The highest BCUT2D eigenvalue weighted by Crippen LogP contribution is 2.25. The molecule has 0 bridgehead atoms. The van der Waals surface area contributed by atoms with E-state index in [0.717, 1.165) is 5.56 Å². The molecule has 4 rings (SSSR count). The summed E-state index contributed by atoms with van der Waals surface area (Å²) in [5.74, 6) is 0.505. The lowest BCUT2D eigenvalue weighted by molar-refractivity contribution is 0.102. The third-order valence-corrected chi connectivity index (χ3v) is 5.14. The molecule has 10 heteroatoms. The normalized spacial score (nSPS) is 11.0.